The van der Waals surface area contributed by atoms with Crippen LogP contribution in [0.3, 0.4) is 0 Å². The van der Waals surface area contributed by atoms with Crippen molar-refractivity contribution in [3.63, 3.8) is 0 Å². The van der Waals surface area contributed by atoms with E-state index in [-0.39, 0.29) is 22.7 Å². The number of nitrogens with zero attached hydrogens (tertiary/aromatic N) is 3. The first-order chi connectivity index (χ1) is 15.3. The molecular weight excluding hydrogens is 414 g/mol. The molecule has 1 aliphatic heterocycles. The van der Waals surface area contributed by atoms with Crippen molar-refractivity contribution in [3.05, 3.63) is 93.5 Å². The highest BCUT2D eigenvalue weighted by molar-refractivity contribution is 6.34. The summed E-state index contributed by atoms with van der Waals surface area (Å²) < 4.78 is 5.68. The molecule has 0 radical (unpaired) electrons. The Morgan fingerprint density at radius 1 is 0.906 bits per heavy atom. The quantitative estimate of drug-likeness (QED) is 0.344. The van der Waals surface area contributed by atoms with Crippen molar-refractivity contribution in [1.82, 2.24) is 4.90 Å². The van der Waals surface area contributed by atoms with Crippen LogP contribution in [0.25, 0.3) is 0 Å². The number of hydrogen-bond acceptors (Lipinski definition) is 6. The predicted octanol–water partition coefficient (Wildman–Crippen LogP) is 3.89. The van der Waals surface area contributed by atoms with Crippen LogP contribution in [0.2, 0.25) is 0 Å². The zero-order valence-corrected chi connectivity index (χ0v) is 17.1. The average molecular weight is 431 g/mol. The van der Waals surface area contributed by atoms with Gasteiger partial charge in [-0.3, -0.25) is 24.5 Å². The largest absolute Gasteiger partial charge is 0.457 e. The summed E-state index contributed by atoms with van der Waals surface area (Å²) in [5.41, 5.74) is 0.958. The minimum absolute atomic E-state index is 0.0716. The number of benzene rings is 3. The zero-order valence-electron chi connectivity index (χ0n) is 17.1. The zero-order chi connectivity index (χ0) is 23.0. The number of amides is 3. The van der Waals surface area contributed by atoms with Gasteiger partial charge in [0.15, 0.2) is 0 Å². The molecule has 0 saturated carbocycles. The van der Waals surface area contributed by atoms with Gasteiger partial charge in [0.2, 0.25) is 0 Å². The van der Waals surface area contributed by atoms with Crippen molar-refractivity contribution < 1.29 is 24.0 Å². The summed E-state index contributed by atoms with van der Waals surface area (Å²) >= 11 is 0. The van der Waals surface area contributed by atoms with E-state index in [1.54, 1.807) is 38.4 Å². The Labute approximate surface area is 182 Å². The maximum atomic E-state index is 13.0. The molecule has 3 aromatic rings. The third kappa shape index (κ3) is 3.67. The highest BCUT2D eigenvalue weighted by atomic mass is 16.6. The standard InChI is InChI=1S/C23H17N3O6/c1-24(2)21(27)14-4-3-5-16(12-14)25-22(28)19-11-10-18(13-20(19)23(25)29)32-17-8-6-15(7-9-17)26(30)31/h3-13H,1-2H3. The van der Waals surface area contributed by atoms with Gasteiger partial charge in [-0.05, 0) is 48.5 Å². The van der Waals surface area contributed by atoms with Crippen molar-refractivity contribution in [2.45, 2.75) is 0 Å². The molecule has 0 atom stereocenters. The molecule has 9 nitrogen and oxygen atoms in total. The van der Waals surface area contributed by atoms with E-state index >= 15 is 0 Å². The average Bonchev–Trinajstić information content (AvgIpc) is 3.03. The Morgan fingerprint density at radius 3 is 2.22 bits per heavy atom. The lowest BCUT2D eigenvalue weighted by Crippen LogP contribution is -2.30. The van der Waals surface area contributed by atoms with E-state index in [1.807, 2.05) is 0 Å². The van der Waals surface area contributed by atoms with Gasteiger partial charge in [0, 0.05) is 31.8 Å². The molecule has 1 aliphatic rings. The molecule has 160 valence electrons. The minimum atomic E-state index is -0.534. The number of rotatable bonds is 5. The molecule has 0 aromatic heterocycles. The number of nitro benzene ring substituents is 1. The fourth-order valence-corrected chi connectivity index (χ4v) is 3.33. The summed E-state index contributed by atoms with van der Waals surface area (Å²) in [5.74, 6) is -0.631. The van der Waals surface area contributed by atoms with Gasteiger partial charge in [-0.15, -0.1) is 0 Å². The van der Waals surface area contributed by atoms with Crippen LogP contribution in [-0.4, -0.2) is 41.6 Å². The van der Waals surface area contributed by atoms with Gasteiger partial charge in [-0.2, -0.15) is 0 Å². The highest BCUT2D eigenvalue weighted by Gasteiger charge is 2.37. The number of imide groups is 1. The van der Waals surface area contributed by atoms with Crippen molar-refractivity contribution in [3.8, 4) is 11.5 Å². The number of nitro groups is 1. The molecule has 0 fully saturated rings. The molecule has 32 heavy (non-hydrogen) atoms. The van der Waals surface area contributed by atoms with E-state index in [9.17, 15) is 24.5 Å². The normalized spacial score (nSPS) is 12.5. The topological polar surface area (TPSA) is 110 Å². The van der Waals surface area contributed by atoms with Gasteiger partial charge >= 0.3 is 0 Å². The first-order valence-electron chi connectivity index (χ1n) is 9.53. The minimum Gasteiger partial charge on any atom is -0.457 e. The van der Waals surface area contributed by atoms with Crippen LogP contribution in [0.4, 0.5) is 11.4 Å². The second-order valence-corrected chi connectivity index (χ2v) is 7.26. The van der Waals surface area contributed by atoms with Crippen LogP contribution in [0.1, 0.15) is 31.1 Å². The molecular formula is C23H17N3O6. The SMILES string of the molecule is CN(C)C(=O)c1cccc(N2C(=O)c3ccc(Oc4ccc([N+](=O)[O-])cc4)cc3C2=O)c1. The Bertz CT molecular complexity index is 1270. The van der Waals surface area contributed by atoms with Crippen molar-refractivity contribution in [1.29, 1.82) is 0 Å². The summed E-state index contributed by atoms with van der Waals surface area (Å²) in [4.78, 5) is 50.9. The molecule has 1 heterocycles. The lowest BCUT2D eigenvalue weighted by molar-refractivity contribution is -0.384. The number of carbonyl (C=O) groups is 3. The number of fused-ring (bicyclic) bond motifs is 1. The molecule has 0 N–H and O–H groups in total. The number of hydrogen-bond donors (Lipinski definition) is 0. The van der Waals surface area contributed by atoms with Crippen LogP contribution in [0.15, 0.2) is 66.7 Å². The fraction of sp³-hybridized carbons (Fsp3) is 0.0870. The van der Waals surface area contributed by atoms with E-state index < -0.39 is 16.7 Å². The van der Waals surface area contributed by atoms with Crippen molar-refractivity contribution in [2.24, 2.45) is 0 Å². The van der Waals surface area contributed by atoms with Crippen LogP contribution in [0.5, 0.6) is 11.5 Å². The highest BCUT2D eigenvalue weighted by Crippen LogP contribution is 2.33. The summed E-state index contributed by atoms with van der Waals surface area (Å²) in [6.07, 6.45) is 0. The molecule has 3 amide bonds. The monoisotopic (exact) mass is 431 g/mol. The van der Waals surface area contributed by atoms with Crippen molar-refractivity contribution in [2.75, 3.05) is 19.0 Å². The van der Waals surface area contributed by atoms with E-state index in [1.165, 1.54) is 47.4 Å². The van der Waals surface area contributed by atoms with Crippen LogP contribution in [-0.2, 0) is 0 Å². The van der Waals surface area contributed by atoms with Crippen LogP contribution >= 0.6 is 0 Å². The van der Waals surface area contributed by atoms with E-state index in [4.69, 9.17) is 4.74 Å². The summed E-state index contributed by atoms with van der Waals surface area (Å²) in [7, 11) is 3.23. The summed E-state index contributed by atoms with van der Waals surface area (Å²) in [5, 5.41) is 10.8. The second-order valence-electron chi connectivity index (χ2n) is 7.26. The molecule has 0 aliphatic carbocycles. The van der Waals surface area contributed by atoms with E-state index in [2.05, 4.69) is 0 Å². The van der Waals surface area contributed by atoms with Gasteiger partial charge in [0.1, 0.15) is 11.5 Å². The first kappa shape index (κ1) is 20.7. The number of non-ortho nitro benzene ring substituents is 1. The molecule has 0 spiro atoms. The first-order valence-corrected chi connectivity index (χ1v) is 9.53. The Morgan fingerprint density at radius 2 is 1.56 bits per heavy atom. The second kappa shape index (κ2) is 7.95. The fourth-order valence-electron chi connectivity index (χ4n) is 3.33. The summed E-state index contributed by atoms with van der Waals surface area (Å²) in [6.45, 7) is 0. The van der Waals surface area contributed by atoms with E-state index in [0.29, 0.717) is 22.7 Å². The molecule has 4 rings (SSSR count). The third-order valence-corrected chi connectivity index (χ3v) is 4.90. The number of ether oxygens (including phenoxy) is 1. The number of anilines is 1. The van der Waals surface area contributed by atoms with E-state index in [0.717, 1.165) is 4.90 Å². The molecule has 9 heteroatoms. The lowest BCUT2D eigenvalue weighted by atomic mass is 10.1. The van der Waals surface area contributed by atoms with Gasteiger partial charge in [0.25, 0.3) is 23.4 Å². The van der Waals surface area contributed by atoms with Crippen LogP contribution < -0.4 is 9.64 Å². The Kier molecular flexibility index (Phi) is 5.15. The van der Waals surface area contributed by atoms with Crippen LogP contribution in [0, 0.1) is 10.1 Å². The smallest absolute Gasteiger partial charge is 0.269 e. The van der Waals surface area contributed by atoms with Gasteiger partial charge in [-0.25, -0.2) is 4.90 Å². The maximum Gasteiger partial charge on any atom is 0.269 e. The molecule has 0 unspecified atom stereocenters. The van der Waals surface area contributed by atoms with Gasteiger partial charge in [-0.1, -0.05) is 6.07 Å². The van der Waals surface area contributed by atoms with Gasteiger partial charge < -0.3 is 9.64 Å². The molecule has 0 saturated heterocycles. The van der Waals surface area contributed by atoms with Crippen molar-refractivity contribution >= 4 is 29.1 Å². The maximum absolute atomic E-state index is 13.0. The number of carbonyl (C=O) groups excluding carboxylic acids is 3. The third-order valence-electron chi connectivity index (χ3n) is 4.90. The molecule has 0 bridgehead atoms. The summed E-state index contributed by atoms with van der Waals surface area (Å²) in [6, 6.07) is 16.3. The Balaban J connectivity index is 1.61. The lowest BCUT2D eigenvalue weighted by Gasteiger charge is -2.16. The molecule has 3 aromatic carbocycles. The predicted molar refractivity (Wildman–Crippen MR) is 115 cm³/mol. The Hall–Kier alpha value is -4.53. The van der Waals surface area contributed by atoms with Gasteiger partial charge in [0.05, 0.1) is 21.7 Å².